The van der Waals surface area contributed by atoms with Gasteiger partial charge in [-0.2, -0.15) is 0 Å². The summed E-state index contributed by atoms with van der Waals surface area (Å²) in [6.45, 7) is 4.24. The van der Waals surface area contributed by atoms with Crippen molar-refractivity contribution in [2.24, 2.45) is 0 Å². The summed E-state index contributed by atoms with van der Waals surface area (Å²) in [6.07, 6.45) is 0.00403. The van der Waals surface area contributed by atoms with Crippen LogP contribution in [0, 0.1) is 6.92 Å². The molecule has 0 aromatic heterocycles. The zero-order chi connectivity index (χ0) is 19.8. The van der Waals surface area contributed by atoms with Gasteiger partial charge in [0, 0.05) is 6.54 Å². The van der Waals surface area contributed by atoms with Gasteiger partial charge >= 0.3 is 0 Å². The monoisotopic (exact) mass is 373 g/mol. The standard InChI is InChI=1S/C21H27NO5/c1-6-17(27-16-9-7-14(2)8-10-16)21(23)22-13-15-11-18(24-3)20(26-5)19(12-15)25-4/h7-12,17H,6,13H2,1-5H3,(H,22,23). The number of rotatable bonds is 9. The first-order valence-electron chi connectivity index (χ1n) is 8.82. The highest BCUT2D eigenvalue weighted by atomic mass is 16.5. The van der Waals surface area contributed by atoms with Crippen LogP contribution >= 0.6 is 0 Å². The molecule has 0 radical (unpaired) electrons. The molecular formula is C21H27NO5. The fourth-order valence-electron chi connectivity index (χ4n) is 2.64. The van der Waals surface area contributed by atoms with Crippen molar-refractivity contribution in [3.8, 4) is 23.0 Å². The summed E-state index contributed by atoms with van der Waals surface area (Å²) in [5.74, 6) is 2.11. The third-order valence-electron chi connectivity index (χ3n) is 4.15. The summed E-state index contributed by atoms with van der Waals surface area (Å²) in [5, 5.41) is 2.91. The van der Waals surface area contributed by atoms with Gasteiger partial charge in [0.15, 0.2) is 17.6 Å². The van der Waals surface area contributed by atoms with Gasteiger partial charge < -0.3 is 24.3 Å². The summed E-state index contributed by atoms with van der Waals surface area (Å²) in [4.78, 5) is 12.5. The van der Waals surface area contributed by atoms with Gasteiger partial charge in [-0.25, -0.2) is 0 Å². The molecule has 6 nitrogen and oxygen atoms in total. The van der Waals surface area contributed by atoms with Crippen LogP contribution in [0.2, 0.25) is 0 Å². The molecule has 0 spiro atoms. The molecule has 2 aromatic carbocycles. The van der Waals surface area contributed by atoms with Crippen LogP contribution in [0.1, 0.15) is 24.5 Å². The van der Waals surface area contributed by atoms with Crippen LogP contribution in [0.4, 0.5) is 0 Å². The number of ether oxygens (including phenoxy) is 4. The number of amides is 1. The third kappa shape index (κ3) is 5.29. The number of hydrogen-bond acceptors (Lipinski definition) is 5. The Hall–Kier alpha value is -2.89. The van der Waals surface area contributed by atoms with Gasteiger partial charge in [0.25, 0.3) is 5.91 Å². The van der Waals surface area contributed by atoms with Crippen molar-refractivity contribution in [1.29, 1.82) is 0 Å². The van der Waals surface area contributed by atoms with Crippen molar-refractivity contribution in [3.63, 3.8) is 0 Å². The Morgan fingerprint density at radius 1 is 1.00 bits per heavy atom. The molecule has 1 unspecified atom stereocenters. The predicted molar refractivity (Wildman–Crippen MR) is 104 cm³/mol. The van der Waals surface area contributed by atoms with E-state index in [4.69, 9.17) is 18.9 Å². The van der Waals surface area contributed by atoms with Gasteiger partial charge in [0.05, 0.1) is 21.3 Å². The molecule has 146 valence electrons. The summed E-state index contributed by atoms with van der Waals surface area (Å²) in [7, 11) is 4.67. The van der Waals surface area contributed by atoms with E-state index in [9.17, 15) is 4.79 Å². The van der Waals surface area contributed by atoms with E-state index in [1.54, 1.807) is 21.3 Å². The molecule has 0 aliphatic rings. The Morgan fingerprint density at radius 2 is 1.59 bits per heavy atom. The summed E-state index contributed by atoms with van der Waals surface area (Å²) < 4.78 is 21.8. The maximum atomic E-state index is 12.5. The number of benzene rings is 2. The number of nitrogens with one attached hydrogen (secondary N) is 1. The maximum absolute atomic E-state index is 12.5. The van der Waals surface area contributed by atoms with Gasteiger partial charge in [0.1, 0.15) is 5.75 Å². The molecule has 0 aliphatic heterocycles. The minimum Gasteiger partial charge on any atom is -0.493 e. The van der Waals surface area contributed by atoms with Crippen LogP contribution in [0.25, 0.3) is 0 Å². The van der Waals surface area contributed by atoms with Crippen LogP contribution in [0.3, 0.4) is 0 Å². The number of hydrogen-bond donors (Lipinski definition) is 1. The molecule has 2 aromatic rings. The Bertz CT molecular complexity index is 733. The molecular weight excluding hydrogens is 346 g/mol. The lowest BCUT2D eigenvalue weighted by Crippen LogP contribution is -2.37. The van der Waals surface area contributed by atoms with Crippen molar-refractivity contribution < 1.29 is 23.7 Å². The quantitative estimate of drug-likeness (QED) is 0.729. The van der Waals surface area contributed by atoms with Gasteiger partial charge in [-0.1, -0.05) is 24.6 Å². The Labute approximate surface area is 160 Å². The molecule has 6 heteroatoms. The van der Waals surface area contributed by atoms with Crippen LogP contribution < -0.4 is 24.3 Å². The van der Waals surface area contributed by atoms with E-state index >= 15 is 0 Å². The molecule has 0 heterocycles. The van der Waals surface area contributed by atoms with Crippen molar-refractivity contribution in [1.82, 2.24) is 5.32 Å². The van der Waals surface area contributed by atoms with Gasteiger partial charge in [-0.3, -0.25) is 4.79 Å². The molecule has 27 heavy (non-hydrogen) atoms. The normalized spacial score (nSPS) is 11.4. The van der Waals surface area contributed by atoms with Gasteiger partial charge in [0.2, 0.25) is 5.75 Å². The number of carbonyl (C=O) groups is 1. The molecule has 1 N–H and O–H groups in total. The minimum absolute atomic E-state index is 0.174. The first-order chi connectivity index (χ1) is 13.0. The van der Waals surface area contributed by atoms with Crippen molar-refractivity contribution in [2.45, 2.75) is 32.9 Å². The molecule has 1 amide bonds. The van der Waals surface area contributed by atoms with Crippen molar-refractivity contribution >= 4 is 5.91 Å². The van der Waals surface area contributed by atoms with E-state index in [0.717, 1.165) is 11.1 Å². The Morgan fingerprint density at radius 3 is 2.07 bits per heavy atom. The highest BCUT2D eigenvalue weighted by molar-refractivity contribution is 5.81. The molecule has 2 rings (SSSR count). The van der Waals surface area contributed by atoms with Gasteiger partial charge in [-0.15, -0.1) is 0 Å². The van der Waals surface area contributed by atoms with E-state index in [1.807, 2.05) is 50.2 Å². The smallest absolute Gasteiger partial charge is 0.261 e. The van der Waals surface area contributed by atoms with Crippen LogP contribution in [-0.2, 0) is 11.3 Å². The summed E-state index contributed by atoms with van der Waals surface area (Å²) in [6, 6.07) is 11.3. The third-order valence-corrected chi connectivity index (χ3v) is 4.15. The highest BCUT2D eigenvalue weighted by Crippen LogP contribution is 2.38. The second-order valence-electron chi connectivity index (χ2n) is 6.08. The largest absolute Gasteiger partial charge is 0.493 e. The zero-order valence-corrected chi connectivity index (χ0v) is 16.5. The van der Waals surface area contributed by atoms with Crippen LogP contribution in [0.15, 0.2) is 36.4 Å². The lowest BCUT2D eigenvalue weighted by Gasteiger charge is -2.18. The Balaban J connectivity index is 2.05. The maximum Gasteiger partial charge on any atom is 0.261 e. The topological polar surface area (TPSA) is 66.0 Å². The molecule has 0 saturated carbocycles. The minimum atomic E-state index is -0.560. The van der Waals surface area contributed by atoms with Crippen molar-refractivity contribution in [3.05, 3.63) is 47.5 Å². The molecule has 0 fully saturated rings. The predicted octanol–water partition coefficient (Wildman–Crippen LogP) is 3.49. The van der Waals surface area contributed by atoms with Crippen LogP contribution in [-0.4, -0.2) is 33.3 Å². The molecule has 0 saturated heterocycles. The number of carbonyl (C=O) groups excluding carboxylic acids is 1. The average Bonchev–Trinajstić information content (AvgIpc) is 2.70. The second-order valence-corrected chi connectivity index (χ2v) is 6.08. The van der Waals surface area contributed by atoms with Crippen molar-refractivity contribution in [2.75, 3.05) is 21.3 Å². The Kier molecular flexibility index (Phi) is 7.34. The SMILES string of the molecule is CCC(Oc1ccc(C)cc1)C(=O)NCc1cc(OC)c(OC)c(OC)c1. The lowest BCUT2D eigenvalue weighted by atomic mass is 10.1. The second kappa shape index (κ2) is 9.71. The molecule has 1 atom stereocenters. The number of aryl methyl sites for hydroxylation is 1. The summed E-state index contributed by atoms with van der Waals surface area (Å²) >= 11 is 0. The lowest BCUT2D eigenvalue weighted by molar-refractivity contribution is -0.128. The van der Waals surface area contributed by atoms with E-state index in [-0.39, 0.29) is 5.91 Å². The first-order valence-corrected chi connectivity index (χ1v) is 8.82. The highest BCUT2D eigenvalue weighted by Gasteiger charge is 2.19. The van der Waals surface area contributed by atoms with E-state index in [1.165, 1.54) is 0 Å². The molecule has 0 bridgehead atoms. The van der Waals surface area contributed by atoms with Crippen LogP contribution in [0.5, 0.6) is 23.0 Å². The fraction of sp³-hybridized carbons (Fsp3) is 0.381. The van der Waals surface area contributed by atoms with E-state index in [2.05, 4.69) is 5.32 Å². The zero-order valence-electron chi connectivity index (χ0n) is 16.5. The number of methoxy groups -OCH3 is 3. The molecule has 0 aliphatic carbocycles. The van der Waals surface area contributed by atoms with E-state index < -0.39 is 6.10 Å². The van der Waals surface area contributed by atoms with E-state index in [0.29, 0.717) is 36.0 Å². The summed E-state index contributed by atoms with van der Waals surface area (Å²) in [5.41, 5.74) is 1.98. The average molecular weight is 373 g/mol. The fourth-order valence-corrected chi connectivity index (χ4v) is 2.64. The first kappa shape index (κ1) is 20.4. The van der Waals surface area contributed by atoms with Gasteiger partial charge in [-0.05, 0) is 43.2 Å².